The summed E-state index contributed by atoms with van der Waals surface area (Å²) in [4.78, 5) is 13.8. The number of aryl methyl sites for hydroxylation is 3. The average Bonchev–Trinajstić information content (AvgIpc) is 3.22. The zero-order valence-electron chi connectivity index (χ0n) is 24.6. The van der Waals surface area contributed by atoms with Gasteiger partial charge in [0.05, 0.1) is 7.11 Å². The summed E-state index contributed by atoms with van der Waals surface area (Å²) in [6.07, 6.45) is 2.02. The first-order chi connectivity index (χ1) is 17.2. The number of esters is 1. The van der Waals surface area contributed by atoms with Gasteiger partial charge in [0.25, 0.3) is 0 Å². The lowest BCUT2D eigenvalue weighted by atomic mass is 9.70. The number of thiophene rings is 1. The van der Waals surface area contributed by atoms with Crippen LogP contribution in [0.3, 0.4) is 0 Å². The molecule has 200 valence electrons. The zero-order chi connectivity index (χ0) is 27.8. The molecule has 0 radical (unpaired) electrons. The Balaban J connectivity index is 2.03. The number of ether oxygens (including phenoxy) is 1. The van der Waals surface area contributed by atoms with E-state index in [-0.39, 0.29) is 16.4 Å². The molecule has 0 saturated heterocycles. The van der Waals surface area contributed by atoms with Gasteiger partial charge in [-0.3, -0.25) is 0 Å². The first-order valence-corrected chi connectivity index (χ1v) is 17.0. The van der Waals surface area contributed by atoms with Crippen LogP contribution in [0.5, 0.6) is 5.75 Å². The SMILES string of the molecule is CCC(CC)(c1ccc(O[Si](C)(C)C(C)(C)C)c(C)c1)c1ccc(-c2sc(C(=O)OC)cc2C)c(C)c1. The van der Waals surface area contributed by atoms with E-state index in [9.17, 15) is 4.79 Å². The minimum atomic E-state index is -1.91. The maximum atomic E-state index is 12.1. The van der Waals surface area contributed by atoms with E-state index in [0.29, 0.717) is 4.88 Å². The second-order valence-corrected chi connectivity index (χ2v) is 17.6. The topological polar surface area (TPSA) is 35.5 Å². The van der Waals surface area contributed by atoms with Crippen molar-refractivity contribution < 1.29 is 14.0 Å². The van der Waals surface area contributed by atoms with Gasteiger partial charge in [-0.15, -0.1) is 11.3 Å². The number of rotatable bonds is 8. The third kappa shape index (κ3) is 5.58. The van der Waals surface area contributed by atoms with E-state index in [4.69, 9.17) is 9.16 Å². The summed E-state index contributed by atoms with van der Waals surface area (Å²) in [5.74, 6) is 0.735. The third-order valence-corrected chi connectivity index (χ3v) is 14.0. The van der Waals surface area contributed by atoms with E-state index >= 15 is 0 Å². The van der Waals surface area contributed by atoms with Gasteiger partial charge >= 0.3 is 5.97 Å². The van der Waals surface area contributed by atoms with Gasteiger partial charge in [0.2, 0.25) is 8.32 Å². The van der Waals surface area contributed by atoms with Crippen molar-refractivity contribution in [2.45, 2.75) is 91.8 Å². The standard InChI is InChI=1S/C32H44O3SSi/c1-12-32(13-2,25-15-17-27(22(4)19-25)35-37(10,11)31(6,7)8)24-14-16-26(21(3)18-24)29-23(5)20-28(36-29)30(33)34-9/h14-20H,12-13H2,1-11H3. The molecule has 0 bridgehead atoms. The molecule has 0 unspecified atom stereocenters. The maximum absolute atomic E-state index is 12.1. The van der Waals surface area contributed by atoms with Crippen LogP contribution in [0.2, 0.25) is 18.1 Å². The summed E-state index contributed by atoms with van der Waals surface area (Å²) in [6, 6.07) is 15.6. The zero-order valence-corrected chi connectivity index (χ0v) is 26.4. The molecule has 0 spiro atoms. The van der Waals surface area contributed by atoms with Crippen molar-refractivity contribution in [2.75, 3.05) is 7.11 Å². The molecule has 0 atom stereocenters. The van der Waals surface area contributed by atoms with E-state index in [1.54, 1.807) is 0 Å². The Kier molecular flexibility index (Phi) is 8.50. The van der Waals surface area contributed by atoms with Gasteiger partial charge in [0, 0.05) is 10.3 Å². The molecule has 0 N–H and O–H groups in total. The highest BCUT2D eigenvalue weighted by molar-refractivity contribution is 7.17. The molecule has 0 aliphatic heterocycles. The fourth-order valence-corrected chi connectivity index (χ4v) is 7.16. The van der Waals surface area contributed by atoms with E-state index in [0.717, 1.165) is 29.0 Å². The molecule has 0 fully saturated rings. The number of carbonyl (C=O) groups is 1. The van der Waals surface area contributed by atoms with Crippen LogP contribution in [0.1, 0.15) is 84.9 Å². The molecule has 0 saturated carbocycles. The van der Waals surface area contributed by atoms with Crippen molar-refractivity contribution in [3.05, 3.63) is 75.2 Å². The molecule has 3 nitrogen and oxygen atoms in total. The fraction of sp³-hybridized carbons (Fsp3) is 0.469. The van der Waals surface area contributed by atoms with E-state index in [1.165, 1.54) is 46.3 Å². The summed E-state index contributed by atoms with van der Waals surface area (Å²) in [7, 11) is -0.477. The van der Waals surface area contributed by atoms with Gasteiger partial charge in [0.15, 0.2) is 0 Å². The van der Waals surface area contributed by atoms with Crippen molar-refractivity contribution in [1.82, 2.24) is 0 Å². The first kappa shape index (κ1) is 29.2. The normalized spacial score (nSPS) is 12.5. The van der Waals surface area contributed by atoms with E-state index in [2.05, 4.69) is 105 Å². The number of hydrogen-bond acceptors (Lipinski definition) is 4. The van der Waals surface area contributed by atoms with Crippen LogP contribution in [-0.4, -0.2) is 21.4 Å². The van der Waals surface area contributed by atoms with Crippen LogP contribution < -0.4 is 4.43 Å². The average molecular weight is 537 g/mol. The van der Waals surface area contributed by atoms with Crippen molar-refractivity contribution in [1.29, 1.82) is 0 Å². The van der Waals surface area contributed by atoms with Crippen molar-refractivity contribution in [2.24, 2.45) is 0 Å². The molecule has 5 heteroatoms. The Morgan fingerprint density at radius 1 is 0.865 bits per heavy atom. The molecule has 3 rings (SSSR count). The molecule has 0 aliphatic carbocycles. The van der Waals surface area contributed by atoms with Gasteiger partial charge in [0.1, 0.15) is 10.6 Å². The monoisotopic (exact) mass is 536 g/mol. The van der Waals surface area contributed by atoms with Crippen molar-refractivity contribution in [3.8, 4) is 16.2 Å². The van der Waals surface area contributed by atoms with Crippen LogP contribution in [0, 0.1) is 20.8 Å². The number of benzene rings is 2. The van der Waals surface area contributed by atoms with Crippen molar-refractivity contribution >= 4 is 25.6 Å². The Morgan fingerprint density at radius 2 is 1.43 bits per heavy atom. The molecular weight excluding hydrogens is 493 g/mol. The van der Waals surface area contributed by atoms with Gasteiger partial charge in [-0.1, -0.05) is 65.0 Å². The summed E-state index contributed by atoms with van der Waals surface area (Å²) in [5.41, 5.74) is 7.30. The minimum Gasteiger partial charge on any atom is -0.543 e. The van der Waals surface area contributed by atoms with Gasteiger partial charge < -0.3 is 9.16 Å². The Morgan fingerprint density at radius 3 is 1.92 bits per heavy atom. The van der Waals surface area contributed by atoms with Crippen LogP contribution in [-0.2, 0) is 10.2 Å². The second-order valence-electron chi connectivity index (χ2n) is 11.8. The fourth-order valence-electron chi connectivity index (χ4n) is 4.89. The highest BCUT2D eigenvalue weighted by Gasteiger charge is 2.39. The van der Waals surface area contributed by atoms with E-state index in [1.807, 2.05) is 6.07 Å². The Labute approximate surface area is 229 Å². The first-order valence-electron chi connectivity index (χ1n) is 13.3. The van der Waals surface area contributed by atoms with Crippen LogP contribution in [0.15, 0.2) is 42.5 Å². The molecule has 0 amide bonds. The lowest BCUT2D eigenvalue weighted by molar-refractivity contribution is 0.0606. The number of carbonyl (C=O) groups excluding carboxylic acids is 1. The molecule has 0 aliphatic rings. The van der Waals surface area contributed by atoms with Crippen LogP contribution in [0.4, 0.5) is 0 Å². The predicted octanol–water partition coefficient (Wildman–Crippen LogP) is 9.62. The highest BCUT2D eigenvalue weighted by Crippen LogP contribution is 2.44. The molecule has 3 aromatic rings. The highest BCUT2D eigenvalue weighted by atomic mass is 32.1. The van der Waals surface area contributed by atoms with Crippen molar-refractivity contribution in [3.63, 3.8) is 0 Å². The minimum absolute atomic E-state index is 0.0781. The Bertz CT molecular complexity index is 1280. The summed E-state index contributed by atoms with van der Waals surface area (Å²) in [6.45, 7) is 22.4. The Hall–Kier alpha value is -2.37. The summed E-state index contributed by atoms with van der Waals surface area (Å²) >= 11 is 1.51. The molecular formula is C32H44O3SSi. The van der Waals surface area contributed by atoms with E-state index < -0.39 is 8.32 Å². The summed E-state index contributed by atoms with van der Waals surface area (Å²) in [5, 5.41) is 0.159. The smallest absolute Gasteiger partial charge is 0.348 e. The number of methoxy groups -OCH3 is 1. The third-order valence-electron chi connectivity index (χ3n) is 8.43. The largest absolute Gasteiger partial charge is 0.543 e. The summed E-state index contributed by atoms with van der Waals surface area (Å²) < 4.78 is 11.6. The van der Waals surface area contributed by atoms with Crippen LogP contribution in [0.25, 0.3) is 10.4 Å². The lowest BCUT2D eigenvalue weighted by Crippen LogP contribution is -2.44. The predicted molar refractivity (Wildman–Crippen MR) is 161 cm³/mol. The second kappa shape index (κ2) is 10.8. The number of hydrogen-bond donors (Lipinski definition) is 0. The van der Waals surface area contributed by atoms with Gasteiger partial charge in [-0.25, -0.2) is 4.79 Å². The molecule has 37 heavy (non-hydrogen) atoms. The maximum Gasteiger partial charge on any atom is 0.348 e. The van der Waals surface area contributed by atoms with Gasteiger partial charge in [-0.2, -0.15) is 0 Å². The van der Waals surface area contributed by atoms with Gasteiger partial charge in [-0.05, 0) is 97.3 Å². The molecule has 1 heterocycles. The molecule has 1 aromatic heterocycles. The lowest BCUT2D eigenvalue weighted by Gasteiger charge is -2.38. The quantitative estimate of drug-likeness (QED) is 0.212. The molecule has 2 aromatic carbocycles. The van der Waals surface area contributed by atoms with Crippen LogP contribution >= 0.6 is 11.3 Å².